The Morgan fingerprint density at radius 2 is 1.31 bits per heavy atom. The molecule has 1 saturated heterocycles. The monoisotopic (exact) mass is 460 g/mol. The van der Waals surface area contributed by atoms with Crippen molar-refractivity contribution in [3.05, 3.63) is 0 Å². The molecule has 0 spiro atoms. The van der Waals surface area contributed by atoms with E-state index in [9.17, 15) is 24.9 Å². The van der Waals surface area contributed by atoms with Crippen molar-refractivity contribution >= 4 is 11.8 Å². The third kappa shape index (κ3) is 12.3. The molecule has 0 aromatic heterocycles. The van der Waals surface area contributed by atoms with Crippen LogP contribution in [0.25, 0.3) is 0 Å². The van der Waals surface area contributed by atoms with Gasteiger partial charge in [0, 0.05) is 6.42 Å². The standard InChI is InChI=1S/C24H44O8/c1-17(25)14-12-10-8-6-4-3-5-7-9-11-13-15-19(16-20(26)27)32-24-23(30)22(29)21(28)18(2)31-24/h18-19,21-24,28-30H,3-16H2,1-2H3,(H,26,27). The van der Waals surface area contributed by atoms with E-state index in [1.54, 1.807) is 13.8 Å². The van der Waals surface area contributed by atoms with Gasteiger partial charge in [-0.2, -0.15) is 0 Å². The fraction of sp³-hybridized carbons (Fsp3) is 0.917. The Kier molecular flexibility index (Phi) is 15.0. The van der Waals surface area contributed by atoms with E-state index >= 15 is 0 Å². The first-order valence-corrected chi connectivity index (χ1v) is 12.3. The van der Waals surface area contributed by atoms with Gasteiger partial charge in [-0.05, 0) is 26.7 Å². The molecule has 1 heterocycles. The average Bonchev–Trinajstić information content (AvgIpc) is 2.73. The van der Waals surface area contributed by atoms with E-state index in [0.717, 1.165) is 38.5 Å². The lowest BCUT2D eigenvalue weighted by Crippen LogP contribution is -2.58. The molecule has 1 aliphatic heterocycles. The van der Waals surface area contributed by atoms with Crippen LogP contribution in [0.3, 0.4) is 0 Å². The molecule has 188 valence electrons. The molecule has 0 bridgehead atoms. The van der Waals surface area contributed by atoms with E-state index in [1.165, 1.54) is 32.1 Å². The van der Waals surface area contributed by atoms with Gasteiger partial charge in [-0.3, -0.25) is 4.79 Å². The number of carbonyl (C=O) groups excluding carboxylic acids is 1. The number of aliphatic carboxylic acids is 1. The van der Waals surface area contributed by atoms with Crippen molar-refractivity contribution in [1.29, 1.82) is 0 Å². The number of hydrogen-bond acceptors (Lipinski definition) is 7. The Morgan fingerprint density at radius 3 is 1.81 bits per heavy atom. The number of rotatable bonds is 18. The molecule has 1 aliphatic rings. The lowest BCUT2D eigenvalue weighted by Gasteiger charge is -2.40. The number of unbranched alkanes of at least 4 members (excludes halogenated alkanes) is 10. The average molecular weight is 461 g/mol. The van der Waals surface area contributed by atoms with Gasteiger partial charge in [0.25, 0.3) is 0 Å². The maximum atomic E-state index is 11.2. The van der Waals surface area contributed by atoms with E-state index in [4.69, 9.17) is 14.6 Å². The highest BCUT2D eigenvalue weighted by atomic mass is 16.7. The highest BCUT2D eigenvalue weighted by molar-refractivity contribution is 5.75. The van der Waals surface area contributed by atoms with Crippen LogP contribution >= 0.6 is 0 Å². The van der Waals surface area contributed by atoms with E-state index in [1.807, 2.05) is 0 Å². The zero-order valence-corrected chi connectivity index (χ0v) is 19.8. The molecule has 1 fully saturated rings. The van der Waals surface area contributed by atoms with E-state index in [-0.39, 0.29) is 12.2 Å². The molecule has 6 atom stereocenters. The van der Waals surface area contributed by atoms with Crippen molar-refractivity contribution < 1.29 is 39.5 Å². The zero-order chi connectivity index (χ0) is 23.9. The first-order valence-electron chi connectivity index (χ1n) is 12.3. The SMILES string of the molecule is CC(=O)CCCCCCCCCCCCCC(CC(=O)O)OC1OC(C)C(O)C(O)C1O. The predicted molar refractivity (Wildman–Crippen MR) is 120 cm³/mol. The molecule has 0 aromatic carbocycles. The number of aliphatic hydroxyl groups excluding tert-OH is 3. The Labute approximate surface area is 192 Å². The highest BCUT2D eigenvalue weighted by Crippen LogP contribution is 2.25. The molecule has 6 unspecified atom stereocenters. The Bertz CT molecular complexity index is 526. The molecule has 0 radical (unpaired) electrons. The predicted octanol–water partition coefficient (Wildman–Crippen LogP) is 3.33. The second-order valence-corrected chi connectivity index (χ2v) is 9.17. The van der Waals surface area contributed by atoms with Crippen molar-refractivity contribution in [3.8, 4) is 0 Å². The minimum absolute atomic E-state index is 0.202. The lowest BCUT2D eigenvalue weighted by molar-refractivity contribution is -0.304. The summed E-state index contributed by atoms with van der Waals surface area (Å²) in [6.07, 6.45) is 6.78. The van der Waals surface area contributed by atoms with Crippen LogP contribution in [0.2, 0.25) is 0 Å². The van der Waals surface area contributed by atoms with Gasteiger partial charge in [0.2, 0.25) is 0 Å². The molecule has 0 aromatic rings. The molecule has 0 saturated carbocycles. The summed E-state index contributed by atoms with van der Waals surface area (Å²) in [5, 5.41) is 38.9. The summed E-state index contributed by atoms with van der Waals surface area (Å²) in [6.45, 7) is 3.21. The second kappa shape index (κ2) is 16.5. The number of carboxylic acid groups (broad SMARTS) is 1. The minimum Gasteiger partial charge on any atom is -0.481 e. The first-order chi connectivity index (χ1) is 15.2. The quantitative estimate of drug-likeness (QED) is 0.229. The van der Waals surface area contributed by atoms with E-state index in [2.05, 4.69) is 0 Å². The third-order valence-electron chi connectivity index (χ3n) is 6.09. The van der Waals surface area contributed by atoms with Crippen molar-refractivity contribution in [2.24, 2.45) is 0 Å². The smallest absolute Gasteiger partial charge is 0.305 e. The summed E-state index contributed by atoms with van der Waals surface area (Å²) in [4.78, 5) is 22.1. The third-order valence-corrected chi connectivity index (χ3v) is 6.09. The molecular formula is C24H44O8. The summed E-state index contributed by atoms with van der Waals surface area (Å²) in [5.41, 5.74) is 0. The molecule has 0 amide bonds. The summed E-state index contributed by atoms with van der Waals surface area (Å²) in [5.74, 6) is -0.714. The van der Waals surface area contributed by atoms with Gasteiger partial charge in [0.05, 0.1) is 18.6 Å². The largest absolute Gasteiger partial charge is 0.481 e. The maximum absolute atomic E-state index is 11.2. The summed E-state index contributed by atoms with van der Waals surface area (Å²) in [6, 6.07) is 0. The summed E-state index contributed by atoms with van der Waals surface area (Å²) < 4.78 is 11.1. The molecule has 8 nitrogen and oxygen atoms in total. The van der Waals surface area contributed by atoms with Crippen LogP contribution in [0.1, 0.15) is 104 Å². The van der Waals surface area contributed by atoms with Crippen LogP contribution in [-0.4, -0.2) is 69.0 Å². The molecule has 1 rings (SSSR count). The summed E-state index contributed by atoms with van der Waals surface area (Å²) >= 11 is 0. The fourth-order valence-electron chi connectivity index (χ4n) is 4.07. The van der Waals surface area contributed by atoms with Gasteiger partial charge in [0.1, 0.15) is 24.1 Å². The van der Waals surface area contributed by atoms with Gasteiger partial charge in [-0.15, -0.1) is 0 Å². The van der Waals surface area contributed by atoms with Gasteiger partial charge in [-0.1, -0.05) is 64.2 Å². The highest BCUT2D eigenvalue weighted by Gasteiger charge is 2.43. The fourth-order valence-corrected chi connectivity index (χ4v) is 4.07. The number of carbonyl (C=O) groups is 2. The topological polar surface area (TPSA) is 134 Å². The van der Waals surface area contributed by atoms with Crippen molar-refractivity contribution in [3.63, 3.8) is 0 Å². The molecular weight excluding hydrogens is 416 g/mol. The van der Waals surface area contributed by atoms with Crippen molar-refractivity contribution in [2.75, 3.05) is 0 Å². The Balaban J connectivity index is 2.15. The molecule has 8 heteroatoms. The van der Waals surface area contributed by atoms with E-state index < -0.39 is 42.8 Å². The number of aliphatic hydroxyl groups is 3. The van der Waals surface area contributed by atoms with E-state index in [0.29, 0.717) is 12.8 Å². The van der Waals surface area contributed by atoms with Gasteiger partial charge >= 0.3 is 5.97 Å². The van der Waals surface area contributed by atoms with Crippen LogP contribution in [-0.2, 0) is 19.1 Å². The molecule has 4 N–H and O–H groups in total. The first kappa shape index (κ1) is 29.0. The number of Topliss-reactive ketones (excluding diaryl/α,β-unsaturated/α-hetero) is 1. The van der Waals surface area contributed by atoms with Gasteiger partial charge in [0.15, 0.2) is 6.29 Å². The Morgan fingerprint density at radius 1 is 0.812 bits per heavy atom. The van der Waals surface area contributed by atoms with Gasteiger partial charge in [-0.25, -0.2) is 0 Å². The van der Waals surface area contributed by atoms with Crippen molar-refractivity contribution in [1.82, 2.24) is 0 Å². The summed E-state index contributed by atoms with van der Waals surface area (Å²) in [7, 11) is 0. The van der Waals surface area contributed by atoms with Crippen LogP contribution in [0.4, 0.5) is 0 Å². The maximum Gasteiger partial charge on any atom is 0.305 e. The lowest BCUT2D eigenvalue weighted by atomic mass is 9.99. The van der Waals surface area contributed by atoms with Crippen LogP contribution in [0, 0.1) is 0 Å². The minimum atomic E-state index is -1.42. The molecule has 0 aliphatic carbocycles. The Hall–Kier alpha value is -1.06. The number of hydrogen-bond donors (Lipinski definition) is 4. The number of ether oxygens (including phenoxy) is 2. The normalized spacial score (nSPS) is 26.7. The second-order valence-electron chi connectivity index (χ2n) is 9.17. The van der Waals surface area contributed by atoms with Crippen LogP contribution in [0.15, 0.2) is 0 Å². The van der Waals surface area contributed by atoms with Crippen molar-refractivity contribution in [2.45, 2.75) is 141 Å². The number of carboxylic acids is 1. The zero-order valence-electron chi connectivity index (χ0n) is 19.8. The van der Waals surface area contributed by atoms with Gasteiger partial charge < -0.3 is 34.7 Å². The molecule has 32 heavy (non-hydrogen) atoms. The van der Waals surface area contributed by atoms with Crippen LogP contribution in [0.5, 0.6) is 0 Å². The van der Waals surface area contributed by atoms with Crippen LogP contribution < -0.4 is 0 Å². The number of ketones is 1.